The van der Waals surface area contributed by atoms with Crippen molar-refractivity contribution < 1.29 is 4.79 Å². The van der Waals surface area contributed by atoms with Crippen LogP contribution < -0.4 is 11.1 Å². The molecule has 4 heteroatoms. The van der Waals surface area contributed by atoms with Crippen molar-refractivity contribution in [3.8, 4) is 0 Å². The first-order chi connectivity index (χ1) is 6.53. The molecule has 1 unspecified atom stereocenters. The number of likely N-dealkylation sites (N-methyl/N-ethyl adjacent to an activating group) is 2. The summed E-state index contributed by atoms with van der Waals surface area (Å²) in [6, 6.07) is 0. The van der Waals surface area contributed by atoms with Crippen LogP contribution >= 0.6 is 0 Å². The Balaban J connectivity index is 4.44. The summed E-state index contributed by atoms with van der Waals surface area (Å²) in [7, 11) is 1.65. The van der Waals surface area contributed by atoms with Crippen molar-refractivity contribution in [3.05, 3.63) is 0 Å². The summed E-state index contributed by atoms with van der Waals surface area (Å²) in [6.45, 7) is 8.09. The third-order valence-corrected chi connectivity index (χ3v) is 2.96. The number of hydrogen-bond acceptors (Lipinski definition) is 3. The quantitative estimate of drug-likeness (QED) is 0.644. The van der Waals surface area contributed by atoms with Gasteiger partial charge in [0.15, 0.2) is 0 Å². The van der Waals surface area contributed by atoms with Gasteiger partial charge in [-0.05, 0) is 19.9 Å². The van der Waals surface area contributed by atoms with Gasteiger partial charge in [-0.25, -0.2) is 0 Å². The summed E-state index contributed by atoms with van der Waals surface area (Å²) in [6.07, 6.45) is 0.953. The molecule has 3 N–H and O–H groups in total. The molecule has 0 aromatic heterocycles. The van der Waals surface area contributed by atoms with Crippen LogP contribution in [-0.4, -0.2) is 43.0 Å². The molecule has 0 rings (SSSR count). The summed E-state index contributed by atoms with van der Waals surface area (Å²) in [5, 5.41) is 2.63. The van der Waals surface area contributed by atoms with Crippen molar-refractivity contribution in [1.82, 2.24) is 10.2 Å². The fourth-order valence-corrected chi connectivity index (χ4v) is 1.43. The number of carbonyl (C=O) groups is 1. The van der Waals surface area contributed by atoms with Gasteiger partial charge in [0.2, 0.25) is 5.91 Å². The van der Waals surface area contributed by atoms with E-state index in [0.717, 1.165) is 13.0 Å². The molecule has 1 atom stereocenters. The van der Waals surface area contributed by atoms with E-state index in [1.165, 1.54) is 0 Å². The van der Waals surface area contributed by atoms with Gasteiger partial charge in [0.25, 0.3) is 0 Å². The van der Waals surface area contributed by atoms with Crippen LogP contribution in [0, 0.1) is 0 Å². The molecule has 0 aromatic rings. The lowest BCUT2D eigenvalue weighted by Gasteiger charge is -2.38. The van der Waals surface area contributed by atoms with Crippen LogP contribution in [0.1, 0.15) is 27.2 Å². The van der Waals surface area contributed by atoms with Crippen LogP contribution in [0.5, 0.6) is 0 Å². The van der Waals surface area contributed by atoms with E-state index in [4.69, 9.17) is 5.73 Å². The molecular formula is C10H23N3O. The van der Waals surface area contributed by atoms with Crippen molar-refractivity contribution in [3.63, 3.8) is 0 Å². The minimum Gasteiger partial charge on any atom is -0.358 e. The van der Waals surface area contributed by atoms with E-state index in [-0.39, 0.29) is 11.4 Å². The molecule has 0 aliphatic heterocycles. The third-order valence-electron chi connectivity index (χ3n) is 2.96. The largest absolute Gasteiger partial charge is 0.358 e. The predicted octanol–water partition coefficient (Wildman–Crippen LogP) is 0.182. The zero-order chi connectivity index (χ0) is 11.2. The van der Waals surface area contributed by atoms with Crippen LogP contribution in [0.3, 0.4) is 0 Å². The maximum absolute atomic E-state index is 11.3. The molecule has 0 saturated carbocycles. The minimum atomic E-state index is -0.0682. The Kier molecular flexibility index (Phi) is 5.72. The molecule has 0 fully saturated rings. The molecule has 4 nitrogen and oxygen atoms in total. The Morgan fingerprint density at radius 1 is 1.50 bits per heavy atom. The number of hydrogen-bond donors (Lipinski definition) is 2. The molecule has 0 spiro atoms. The summed E-state index contributed by atoms with van der Waals surface area (Å²) in [5.41, 5.74) is 5.67. The van der Waals surface area contributed by atoms with Crippen LogP contribution in [0.2, 0.25) is 0 Å². The molecule has 0 saturated heterocycles. The molecule has 0 aliphatic carbocycles. The van der Waals surface area contributed by atoms with Crippen molar-refractivity contribution in [2.75, 3.05) is 26.7 Å². The average molecular weight is 201 g/mol. The molecule has 0 bridgehead atoms. The monoisotopic (exact) mass is 201 g/mol. The number of rotatable bonds is 6. The van der Waals surface area contributed by atoms with Crippen molar-refractivity contribution >= 4 is 5.91 Å². The lowest BCUT2D eigenvalue weighted by molar-refractivity contribution is -0.123. The first-order valence-corrected chi connectivity index (χ1v) is 5.19. The van der Waals surface area contributed by atoms with Crippen molar-refractivity contribution in [2.24, 2.45) is 5.73 Å². The number of nitrogens with two attached hydrogens (primary N) is 1. The summed E-state index contributed by atoms with van der Waals surface area (Å²) in [4.78, 5) is 13.4. The second-order valence-corrected chi connectivity index (χ2v) is 3.74. The van der Waals surface area contributed by atoms with Crippen molar-refractivity contribution in [2.45, 2.75) is 32.7 Å². The van der Waals surface area contributed by atoms with Gasteiger partial charge in [0, 0.05) is 19.1 Å². The Hall–Kier alpha value is -0.610. The maximum atomic E-state index is 11.3. The first-order valence-electron chi connectivity index (χ1n) is 5.19. The smallest absolute Gasteiger partial charge is 0.233 e. The Morgan fingerprint density at radius 2 is 2.07 bits per heavy atom. The fraction of sp³-hybridized carbons (Fsp3) is 0.900. The minimum absolute atomic E-state index is 0.0416. The highest BCUT2D eigenvalue weighted by atomic mass is 16.1. The van der Waals surface area contributed by atoms with E-state index in [1.807, 2.05) is 6.92 Å². The zero-order valence-electron chi connectivity index (χ0n) is 9.76. The number of nitrogens with one attached hydrogen (secondary N) is 1. The van der Waals surface area contributed by atoms with Crippen LogP contribution in [0.4, 0.5) is 0 Å². The topological polar surface area (TPSA) is 58.4 Å². The van der Waals surface area contributed by atoms with Crippen LogP contribution in [0.25, 0.3) is 0 Å². The second-order valence-electron chi connectivity index (χ2n) is 3.74. The van der Waals surface area contributed by atoms with E-state index in [1.54, 1.807) is 7.05 Å². The molecule has 0 aromatic carbocycles. The molecule has 84 valence electrons. The third kappa shape index (κ3) is 3.27. The van der Waals surface area contributed by atoms with E-state index in [9.17, 15) is 4.79 Å². The molecule has 0 radical (unpaired) electrons. The Labute approximate surface area is 86.8 Å². The average Bonchev–Trinajstić information content (AvgIpc) is 2.24. The number of carbonyl (C=O) groups excluding carboxylic acids is 1. The van der Waals surface area contributed by atoms with Gasteiger partial charge in [-0.1, -0.05) is 13.8 Å². The van der Waals surface area contributed by atoms with Gasteiger partial charge < -0.3 is 11.1 Å². The van der Waals surface area contributed by atoms with Gasteiger partial charge in [0.1, 0.15) is 0 Å². The number of nitrogens with zero attached hydrogens (tertiary/aromatic N) is 1. The lowest BCUT2D eigenvalue weighted by Crippen LogP contribution is -2.54. The van der Waals surface area contributed by atoms with E-state index < -0.39 is 0 Å². The summed E-state index contributed by atoms with van der Waals surface area (Å²) >= 11 is 0. The highest BCUT2D eigenvalue weighted by molar-refractivity contribution is 5.77. The maximum Gasteiger partial charge on any atom is 0.233 e. The normalized spacial score (nSPS) is 15.3. The van der Waals surface area contributed by atoms with Gasteiger partial charge in [-0.15, -0.1) is 0 Å². The Bertz CT molecular complexity index is 178. The SMILES string of the molecule is CCN(CC(=O)NC)C(C)(CC)CN. The Morgan fingerprint density at radius 3 is 2.36 bits per heavy atom. The number of amides is 1. The first kappa shape index (κ1) is 13.4. The second kappa shape index (κ2) is 5.98. The van der Waals surface area contributed by atoms with E-state index in [2.05, 4.69) is 24.1 Å². The molecule has 14 heavy (non-hydrogen) atoms. The molecule has 0 aliphatic rings. The summed E-state index contributed by atoms with van der Waals surface area (Å²) in [5.74, 6) is 0.0416. The van der Waals surface area contributed by atoms with E-state index >= 15 is 0 Å². The predicted molar refractivity (Wildman–Crippen MR) is 59.1 cm³/mol. The van der Waals surface area contributed by atoms with Gasteiger partial charge >= 0.3 is 0 Å². The van der Waals surface area contributed by atoms with Crippen molar-refractivity contribution in [1.29, 1.82) is 0 Å². The lowest BCUT2D eigenvalue weighted by atomic mass is 9.96. The summed E-state index contributed by atoms with van der Waals surface area (Å²) < 4.78 is 0. The molecule has 0 heterocycles. The molecule has 1 amide bonds. The van der Waals surface area contributed by atoms with Gasteiger partial charge in [-0.3, -0.25) is 9.69 Å². The van der Waals surface area contributed by atoms with E-state index in [0.29, 0.717) is 13.1 Å². The van der Waals surface area contributed by atoms with Crippen LogP contribution in [0.15, 0.2) is 0 Å². The zero-order valence-corrected chi connectivity index (χ0v) is 9.76. The fourth-order valence-electron chi connectivity index (χ4n) is 1.43. The standard InChI is InChI=1S/C10H23N3O/c1-5-10(3,8-11)13(6-2)7-9(14)12-4/h5-8,11H2,1-4H3,(H,12,14). The van der Waals surface area contributed by atoms with Gasteiger partial charge in [0.05, 0.1) is 6.54 Å². The molecular weight excluding hydrogens is 178 g/mol. The van der Waals surface area contributed by atoms with Crippen LogP contribution in [-0.2, 0) is 4.79 Å². The highest BCUT2D eigenvalue weighted by Crippen LogP contribution is 2.16. The van der Waals surface area contributed by atoms with Gasteiger partial charge in [-0.2, -0.15) is 0 Å². The highest BCUT2D eigenvalue weighted by Gasteiger charge is 2.28.